The topological polar surface area (TPSA) is 66.8 Å². The van der Waals surface area contributed by atoms with Crippen LogP contribution < -0.4 is 0 Å². The Balaban J connectivity index is 1.27. The quantitative estimate of drug-likeness (QED) is 0.205. The number of hydrogen-bond donors (Lipinski definition) is 2. The van der Waals surface area contributed by atoms with Crippen LogP contribution in [0.15, 0.2) is 42.5 Å². The van der Waals surface area contributed by atoms with Crippen molar-refractivity contribution in [2.24, 2.45) is 56.7 Å². The Morgan fingerprint density at radius 3 is 2.40 bits per heavy atom. The monoisotopic (exact) mass is 588 g/mol. The lowest BCUT2D eigenvalue weighted by atomic mass is 9.32. The first kappa shape index (κ1) is 30.9. The van der Waals surface area contributed by atoms with Gasteiger partial charge in [-0.05, 0) is 135 Å². The number of rotatable bonds is 5. The predicted octanol–water partition coefficient (Wildman–Crippen LogP) is 8.97. The van der Waals surface area contributed by atoms with Crippen LogP contribution in [0.3, 0.4) is 0 Å². The molecule has 0 bridgehead atoms. The number of hydrogen-bond acceptors (Lipinski definition) is 4. The average Bonchev–Trinajstić information content (AvgIpc) is 3.34. The summed E-state index contributed by atoms with van der Waals surface area (Å²) in [7, 11) is 0. The van der Waals surface area contributed by atoms with Crippen molar-refractivity contribution >= 4 is 12.0 Å². The van der Waals surface area contributed by atoms with E-state index in [1.54, 1.807) is 24.3 Å². The highest BCUT2D eigenvalue weighted by molar-refractivity contribution is 5.87. The summed E-state index contributed by atoms with van der Waals surface area (Å²) < 4.78 is 6.08. The normalized spacial score (nSPS) is 45.0. The van der Waals surface area contributed by atoms with E-state index in [1.165, 1.54) is 43.8 Å². The minimum atomic E-state index is -0.326. The summed E-state index contributed by atoms with van der Waals surface area (Å²) >= 11 is 0. The molecule has 0 radical (unpaired) electrons. The van der Waals surface area contributed by atoms with Gasteiger partial charge in [0, 0.05) is 17.1 Å². The molecule has 0 aliphatic heterocycles. The third-order valence-corrected chi connectivity index (χ3v) is 15.1. The SMILES string of the molecule is C=C(C)[C@@H]1CC[C@]2(COC(=O)C=Cc3ccccc3O)CC[C@]3(C)[C@H](CC[C@@H]4[C@@]5(C)CC[C@H](O)C(C)(C)[C@@H]5CC[C@]43C)[C@@H]12. The van der Waals surface area contributed by atoms with Crippen LogP contribution in [0.4, 0.5) is 0 Å². The highest BCUT2D eigenvalue weighted by Crippen LogP contribution is 2.77. The van der Waals surface area contributed by atoms with Crippen molar-refractivity contribution in [2.75, 3.05) is 6.61 Å². The summed E-state index contributed by atoms with van der Waals surface area (Å²) in [6.45, 7) is 19.8. The third kappa shape index (κ3) is 4.50. The molecule has 0 heterocycles. The number of carbonyl (C=O) groups is 1. The summed E-state index contributed by atoms with van der Waals surface area (Å²) in [6, 6.07) is 7.06. The minimum Gasteiger partial charge on any atom is -0.507 e. The molecule has 10 atom stereocenters. The van der Waals surface area contributed by atoms with Gasteiger partial charge in [0.05, 0.1) is 12.7 Å². The molecule has 5 aliphatic carbocycles. The standard InChI is InChI=1S/C39H56O4/c1-25(2)27-16-21-39(24-43-33(42)15-12-26-10-8-9-11-29(26)40)23-22-37(6)28(34(27)39)13-14-31-36(5)19-18-32(41)35(3,4)30(36)17-20-38(31,37)7/h8-12,15,27-28,30-32,34,40-41H,1,13-14,16-24H2,2-7H3/t27-,28+,30-,31+,32-,34+,36-,37+,38+,39+/m0/s1. The molecular formula is C39H56O4. The Morgan fingerprint density at radius 1 is 0.930 bits per heavy atom. The van der Waals surface area contributed by atoms with Gasteiger partial charge in [0.15, 0.2) is 0 Å². The maximum atomic E-state index is 13.0. The molecule has 1 aromatic carbocycles. The zero-order chi connectivity index (χ0) is 31.0. The maximum absolute atomic E-state index is 13.0. The molecule has 0 aromatic heterocycles. The number of aliphatic hydroxyl groups excluding tert-OH is 1. The van der Waals surface area contributed by atoms with Gasteiger partial charge in [-0.25, -0.2) is 4.79 Å². The van der Waals surface area contributed by atoms with Crippen molar-refractivity contribution in [3.05, 3.63) is 48.1 Å². The van der Waals surface area contributed by atoms with Crippen molar-refractivity contribution in [3.63, 3.8) is 0 Å². The van der Waals surface area contributed by atoms with E-state index in [9.17, 15) is 15.0 Å². The lowest BCUT2D eigenvalue weighted by Gasteiger charge is -2.73. The van der Waals surface area contributed by atoms with Crippen molar-refractivity contribution < 1.29 is 19.7 Å². The van der Waals surface area contributed by atoms with Crippen molar-refractivity contribution in [2.45, 2.75) is 112 Å². The Hall–Kier alpha value is -2.07. The fraction of sp³-hybridized carbons (Fsp3) is 0.718. The van der Waals surface area contributed by atoms with E-state index in [-0.39, 0.29) is 44.9 Å². The zero-order valence-electron chi connectivity index (χ0n) is 27.6. The first-order valence-electron chi connectivity index (χ1n) is 17.2. The molecule has 5 aliphatic rings. The van der Waals surface area contributed by atoms with Crippen LogP contribution in [0, 0.1) is 56.7 Å². The number of ether oxygens (including phenoxy) is 1. The summed E-state index contributed by atoms with van der Waals surface area (Å²) in [6.07, 6.45) is 14.5. The Bertz CT molecular complexity index is 1300. The number of phenols is 1. The summed E-state index contributed by atoms with van der Waals surface area (Å²) in [5.74, 6) is 2.67. The highest BCUT2D eigenvalue weighted by Gasteiger charge is 2.71. The van der Waals surface area contributed by atoms with Crippen LogP contribution >= 0.6 is 0 Å². The number of aliphatic hydroxyl groups is 1. The molecule has 0 saturated heterocycles. The number of phenolic OH excluding ortho intramolecular Hbond substituents is 1. The predicted molar refractivity (Wildman–Crippen MR) is 173 cm³/mol. The molecule has 1 aromatic rings. The largest absolute Gasteiger partial charge is 0.507 e. The lowest BCUT2D eigenvalue weighted by molar-refractivity contribution is -0.249. The van der Waals surface area contributed by atoms with Gasteiger partial charge in [0.2, 0.25) is 0 Å². The fourth-order valence-electron chi connectivity index (χ4n) is 12.6. The number of para-hydroxylation sites is 1. The highest BCUT2D eigenvalue weighted by atomic mass is 16.5. The van der Waals surface area contributed by atoms with Gasteiger partial charge >= 0.3 is 5.97 Å². The van der Waals surface area contributed by atoms with E-state index < -0.39 is 0 Å². The molecular weight excluding hydrogens is 532 g/mol. The van der Waals surface area contributed by atoms with E-state index in [2.05, 4.69) is 48.1 Å². The van der Waals surface area contributed by atoms with Gasteiger partial charge in [-0.2, -0.15) is 0 Å². The second kappa shape index (κ2) is 10.5. The Kier molecular flexibility index (Phi) is 7.55. The van der Waals surface area contributed by atoms with Gasteiger partial charge in [-0.15, -0.1) is 0 Å². The van der Waals surface area contributed by atoms with Gasteiger partial charge < -0.3 is 14.9 Å². The van der Waals surface area contributed by atoms with Crippen LogP contribution in [-0.4, -0.2) is 28.9 Å². The molecule has 0 amide bonds. The minimum absolute atomic E-state index is 0.00736. The molecule has 4 nitrogen and oxygen atoms in total. The summed E-state index contributed by atoms with van der Waals surface area (Å²) in [5, 5.41) is 21.1. The number of benzene rings is 1. The molecule has 5 fully saturated rings. The van der Waals surface area contributed by atoms with E-state index in [1.807, 2.05) is 6.07 Å². The van der Waals surface area contributed by atoms with Crippen LogP contribution in [0.25, 0.3) is 6.08 Å². The zero-order valence-corrected chi connectivity index (χ0v) is 27.6. The first-order chi connectivity index (χ1) is 20.2. The van der Waals surface area contributed by atoms with E-state index in [4.69, 9.17) is 4.74 Å². The molecule has 5 saturated carbocycles. The second-order valence-corrected chi connectivity index (χ2v) is 16.9. The molecule has 236 valence electrons. The number of aromatic hydroxyl groups is 1. The van der Waals surface area contributed by atoms with E-state index in [0.29, 0.717) is 41.8 Å². The molecule has 43 heavy (non-hydrogen) atoms. The molecule has 0 spiro atoms. The first-order valence-corrected chi connectivity index (χ1v) is 17.2. The van der Waals surface area contributed by atoms with Crippen LogP contribution in [0.2, 0.25) is 0 Å². The van der Waals surface area contributed by atoms with Crippen LogP contribution in [0.1, 0.15) is 111 Å². The number of fused-ring (bicyclic) bond motifs is 7. The molecule has 2 N–H and O–H groups in total. The van der Waals surface area contributed by atoms with Crippen LogP contribution in [0.5, 0.6) is 5.75 Å². The van der Waals surface area contributed by atoms with Gasteiger partial charge in [-0.3, -0.25) is 0 Å². The smallest absolute Gasteiger partial charge is 0.330 e. The molecule has 4 heteroatoms. The third-order valence-electron chi connectivity index (χ3n) is 15.1. The number of allylic oxidation sites excluding steroid dienone is 1. The second-order valence-electron chi connectivity index (χ2n) is 16.9. The number of carbonyl (C=O) groups excluding carboxylic acids is 1. The van der Waals surface area contributed by atoms with Crippen molar-refractivity contribution in [1.29, 1.82) is 0 Å². The summed E-state index contributed by atoms with van der Waals surface area (Å²) in [5.41, 5.74) is 2.69. The molecule has 6 rings (SSSR count). The Labute approximate surface area is 260 Å². The van der Waals surface area contributed by atoms with Gasteiger partial charge in [0.25, 0.3) is 0 Å². The maximum Gasteiger partial charge on any atom is 0.330 e. The van der Waals surface area contributed by atoms with Crippen molar-refractivity contribution in [3.8, 4) is 5.75 Å². The number of esters is 1. The van der Waals surface area contributed by atoms with E-state index in [0.717, 1.165) is 32.1 Å². The van der Waals surface area contributed by atoms with Crippen LogP contribution in [-0.2, 0) is 9.53 Å². The van der Waals surface area contributed by atoms with Gasteiger partial charge in [-0.1, -0.05) is 65.0 Å². The lowest BCUT2D eigenvalue weighted by Crippen LogP contribution is -2.66. The van der Waals surface area contributed by atoms with Crippen molar-refractivity contribution in [1.82, 2.24) is 0 Å². The molecule has 0 unspecified atom stereocenters. The van der Waals surface area contributed by atoms with E-state index >= 15 is 0 Å². The summed E-state index contributed by atoms with van der Waals surface area (Å²) in [4.78, 5) is 13.0. The average molecular weight is 589 g/mol. The fourth-order valence-corrected chi connectivity index (χ4v) is 12.6. The van der Waals surface area contributed by atoms with Gasteiger partial charge in [0.1, 0.15) is 5.75 Å². The Morgan fingerprint density at radius 2 is 1.67 bits per heavy atom.